The second kappa shape index (κ2) is 19.0. The van der Waals surface area contributed by atoms with Crippen LogP contribution >= 0.6 is 0 Å². The highest BCUT2D eigenvalue weighted by Gasteiger charge is 2.27. The van der Waals surface area contributed by atoms with Crippen molar-refractivity contribution in [1.29, 1.82) is 0 Å². The summed E-state index contributed by atoms with van der Waals surface area (Å²) in [4.78, 5) is 23.5. The Morgan fingerprint density at radius 2 is 1.45 bits per heavy atom. The number of hydrogen-bond donors (Lipinski definition) is 2. The van der Waals surface area contributed by atoms with Crippen LogP contribution in [0, 0.1) is 23.2 Å². The molecule has 0 bridgehead atoms. The molecule has 282 valence electrons. The highest BCUT2D eigenvalue weighted by Crippen LogP contribution is 2.31. The number of pyridine rings is 2. The van der Waals surface area contributed by atoms with Crippen LogP contribution in [-0.4, -0.2) is 90.8 Å². The van der Waals surface area contributed by atoms with Crippen molar-refractivity contribution in [3.63, 3.8) is 0 Å². The molecule has 0 radical (unpaired) electrons. The number of allylic oxidation sites excluding steroid dienone is 6. The van der Waals surface area contributed by atoms with Crippen molar-refractivity contribution in [3.8, 4) is 0 Å². The summed E-state index contributed by atoms with van der Waals surface area (Å²) in [5.74, 6) is 2.99. The van der Waals surface area contributed by atoms with E-state index in [0.29, 0.717) is 46.5 Å². The van der Waals surface area contributed by atoms with E-state index in [1.54, 1.807) is 17.4 Å². The lowest BCUT2D eigenvalue weighted by atomic mass is 9.82. The zero-order valence-electron chi connectivity index (χ0n) is 31.8. The Kier molecular flexibility index (Phi) is 13.7. The summed E-state index contributed by atoms with van der Waals surface area (Å²) in [6, 6.07) is 7.50. The monoisotopic (exact) mass is 717 g/mol. The smallest absolute Gasteiger partial charge is 0.144 e. The van der Waals surface area contributed by atoms with Gasteiger partial charge in [0.05, 0.1) is 18.1 Å². The zero-order chi connectivity index (χ0) is 36.9. The van der Waals surface area contributed by atoms with E-state index in [4.69, 9.17) is 11.5 Å². The van der Waals surface area contributed by atoms with E-state index in [1.165, 1.54) is 45.3 Å². The van der Waals surface area contributed by atoms with Crippen LogP contribution in [0.25, 0.3) is 0 Å². The predicted molar refractivity (Wildman–Crippen MR) is 218 cm³/mol. The number of rotatable bonds is 15. The van der Waals surface area contributed by atoms with Gasteiger partial charge >= 0.3 is 0 Å². The maximum atomic E-state index is 6.31. The van der Waals surface area contributed by atoms with E-state index in [-0.39, 0.29) is 5.41 Å². The summed E-state index contributed by atoms with van der Waals surface area (Å²) in [5.41, 5.74) is 15.6. The van der Waals surface area contributed by atoms with Crippen LogP contribution in [0.1, 0.15) is 69.7 Å². The molecular formula is C42H59N11. The number of aromatic nitrogens is 2. The van der Waals surface area contributed by atoms with Gasteiger partial charge in [0.1, 0.15) is 28.7 Å². The molecule has 2 unspecified atom stereocenters. The molecule has 2 aliphatic carbocycles. The van der Waals surface area contributed by atoms with E-state index < -0.39 is 0 Å². The van der Waals surface area contributed by atoms with Gasteiger partial charge in [0.2, 0.25) is 0 Å². The molecule has 4 N–H and O–H groups in total. The van der Waals surface area contributed by atoms with Crippen molar-refractivity contribution in [2.45, 2.75) is 58.3 Å². The van der Waals surface area contributed by atoms with Gasteiger partial charge < -0.3 is 21.3 Å². The molecule has 2 fully saturated rings. The van der Waals surface area contributed by atoms with E-state index in [2.05, 4.69) is 95.6 Å². The van der Waals surface area contributed by atoms with Gasteiger partial charge in [-0.3, -0.25) is 20.0 Å². The Balaban J connectivity index is 0.879. The average Bonchev–Trinajstić information content (AvgIpc) is 3.19. The second-order valence-corrected chi connectivity index (χ2v) is 15.5. The first kappa shape index (κ1) is 38.3. The molecule has 0 saturated carbocycles. The van der Waals surface area contributed by atoms with Gasteiger partial charge in [-0.15, -0.1) is 5.11 Å². The minimum absolute atomic E-state index is 0.262. The average molecular weight is 718 g/mol. The molecule has 0 aromatic carbocycles. The van der Waals surface area contributed by atoms with Crippen LogP contribution in [0.3, 0.4) is 0 Å². The van der Waals surface area contributed by atoms with Crippen LogP contribution in [-0.2, 0) is 0 Å². The zero-order valence-corrected chi connectivity index (χ0v) is 31.8. The van der Waals surface area contributed by atoms with Gasteiger partial charge in [0.15, 0.2) is 0 Å². The third kappa shape index (κ3) is 11.8. The van der Waals surface area contributed by atoms with Gasteiger partial charge in [-0.1, -0.05) is 60.8 Å². The Labute approximate surface area is 316 Å². The van der Waals surface area contributed by atoms with E-state index in [0.717, 1.165) is 64.1 Å². The van der Waals surface area contributed by atoms with Crippen molar-refractivity contribution in [1.82, 2.24) is 19.8 Å². The van der Waals surface area contributed by atoms with Crippen molar-refractivity contribution in [2.75, 3.05) is 64.4 Å². The molecule has 11 nitrogen and oxygen atoms in total. The summed E-state index contributed by atoms with van der Waals surface area (Å²) in [5, 5.41) is 10.3. The van der Waals surface area contributed by atoms with Gasteiger partial charge in [0, 0.05) is 38.6 Å². The topological polar surface area (TPSA) is 137 Å². The van der Waals surface area contributed by atoms with Crippen molar-refractivity contribution in [3.05, 3.63) is 96.7 Å². The number of piperidine rings is 2. The fourth-order valence-corrected chi connectivity index (χ4v) is 7.78. The Bertz CT molecular complexity index is 1660. The first-order valence-electron chi connectivity index (χ1n) is 19.6. The van der Waals surface area contributed by atoms with Crippen molar-refractivity contribution in [2.24, 2.45) is 55.0 Å². The summed E-state index contributed by atoms with van der Waals surface area (Å²) >= 11 is 0. The Hall–Kier alpha value is -4.48. The van der Waals surface area contributed by atoms with Crippen LogP contribution in [0.15, 0.2) is 106 Å². The fourth-order valence-electron chi connectivity index (χ4n) is 7.78. The van der Waals surface area contributed by atoms with Crippen LogP contribution < -0.4 is 16.5 Å². The number of anilines is 1. The van der Waals surface area contributed by atoms with Gasteiger partial charge in [-0.05, 0) is 120 Å². The molecule has 53 heavy (non-hydrogen) atoms. The largest absolute Gasteiger partial charge is 0.382 e. The third-order valence-corrected chi connectivity index (χ3v) is 11.2. The Morgan fingerprint density at radius 1 is 0.811 bits per heavy atom. The number of nitrogens with two attached hydrogens (primary N) is 2. The fraction of sp³-hybridized carbons (Fsp3) is 0.524. The van der Waals surface area contributed by atoms with E-state index >= 15 is 0 Å². The van der Waals surface area contributed by atoms with Gasteiger partial charge in [-0.2, -0.15) is 0 Å². The first-order chi connectivity index (χ1) is 25.8. The van der Waals surface area contributed by atoms with Gasteiger partial charge in [0.25, 0.3) is 0 Å². The van der Waals surface area contributed by atoms with Gasteiger partial charge in [-0.25, -0.2) is 5.01 Å². The summed E-state index contributed by atoms with van der Waals surface area (Å²) < 4.78 is 0. The normalized spacial score (nSPS) is 23.7. The first-order valence-corrected chi connectivity index (χ1v) is 19.6. The maximum absolute atomic E-state index is 6.31. The standard InChI is InChI=1S/C42H59N11/c1-42(21-7-4-8-22-42)32-53-27-19-34(20-28-53)16-24-45-40(43)38-13-11-36(29-47-38)49-50-51(2)37-12-14-39(48-30-37)41(44)46-23-15-33-17-25-52(26-18-33)31-35-9-5-3-6-10-35/h3-9,11-14,21,29-30,33-35H,10,15-20,22-28,31-32H2,1-2H3,(H2,43,45)(H2,44,46). The number of hydrogen-bond acceptors (Lipinski definition) is 8. The molecule has 4 heterocycles. The molecule has 4 aliphatic rings. The third-order valence-electron chi connectivity index (χ3n) is 11.2. The molecule has 2 aromatic rings. The summed E-state index contributed by atoms with van der Waals surface area (Å²) in [7, 11) is 1.83. The maximum Gasteiger partial charge on any atom is 0.144 e. The molecular weight excluding hydrogens is 659 g/mol. The second-order valence-electron chi connectivity index (χ2n) is 15.5. The van der Waals surface area contributed by atoms with E-state index in [9.17, 15) is 0 Å². The highest BCUT2D eigenvalue weighted by molar-refractivity contribution is 5.96. The molecule has 2 saturated heterocycles. The SMILES string of the molecule is CN(N=Nc1ccc(C(N)=NCCC2CCN(CC3(C)C=CC=CC3)CC2)nc1)c1ccc(C(N)=NCCC2CCN(CC3C=CC=CC3)CC2)nc1. The lowest BCUT2D eigenvalue weighted by Crippen LogP contribution is -2.40. The molecule has 0 amide bonds. The molecule has 11 heteroatoms. The molecule has 2 aliphatic heterocycles. The molecule has 6 rings (SSSR count). The highest BCUT2D eigenvalue weighted by atomic mass is 15.5. The van der Waals surface area contributed by atoms with Crippen LogP contribution in [0.5, 0.6) is 0 Å². The molecule has 2 aromatic heterocycles. The minimum atomic E-state index is 0.262. The van der Waals surface area contributed by atoms with E-state index in [1.807, 2.05) is 31.3 Å². The van der Waals surface area contributed by atoms with Crippen LogP contribution in [0.2, 0.25) is 0 Å². The number of likely N-dealkylation sites (tertiary alicyclic amines) is 2. The quantitative estimate of drug-likeness (QED) is 0.0887. The number of nitrogens with zero attached hydrogens (tertiary/aromatic N) is 9. The number of amidine groups is 2. The number of aliphatic imine (C=N–C) groups is 2. The lowest BCUT2D eigenvalue weighted by Gasteiger charge is -2.38. The minimum Gasteiger partial charge on any atom is -0.382 e. The summed E-state index contributed by atoms with van der Waals surface area (Å²) in [6.07, 6.45) is 30.7. The molecule has 2 atom stereocenters. The van der Waals surface area contributed by atoms with Crippen molar-refractivity contribution < 1.29 is 0 Å². The predicted octanol–water partition coefficient (Wildman–Crippen LogP) is 6.88. The molecule has 0 spiro atoms. The lowest BCUT2D eigenvalue weighted by molar-refractivity contribution is 0.138. The Morgan fingerprint density at radius 3 is 2.02 bits per heavy atom. The van der Waals surface area contributed by atoms with Crippen LogP contribution in [0.4, 0.5) is 11.4 Å². The van der Waals surface area contributed by atoms with Crippen molar-refractivity contribution >= 4 is 23.0 Å². The summed E-state index contributed by atoms with van der Waals surface area (Å²) in [6.45, 7) is 10.8.